The predicted molar refractivity (Wildman–Crippen MR) is 105 cm³/mol. The minimum absolute atomic E-state index is 0.123. The Bertz CT molecular complexity index is 1220. The van der Waals surface area contributed by atoms with E-state index in [2.05, 4.69) is 10.3 Å². The van der Waals surface area contributed by atoms with Crippen molar-refractivity contribution < 1.29 is 22.4 Å². The van der Waals surface area contributed by atoms with E-state index in [0.29, 0.717) is 10.2 Å². The van der Waals surface area contributed by atoms with E-state index < -0.39 is 33.2 Å². The van der Waals surface area contributed by atoms with Gasteiger partial charge in [0.25, 0.3) is 5.91 Å². The monoisotopic (exact) mass is 441 g/mol. The molecule has 0 aliphatic heterocycles. The van der Waals surface area contributed by atoms with Crippen LogP contribution in [0.25, 0.3) is 10.2 Å². The SMILES string of the molecule is Cc1ccc(Cl)c(C(=O)NC(=O)Nc2nc3ccc(S(C)(=O)=O)cc3s2)c1F. The third-order valence-corrected chi connectivity index (χ3v) is 6.11. The number of thiazole rings is 1. The molecule has 3 rings (SSSR count). The van der Waals surface area contributed by atoms with Crippen LogP contribution in [0.5, 0.6) is 0 Å². The summed E-state index contributed by atoms with van der Waals surface area (Å²) in [4.78, 5) is 28.5. The van der Waals surface area contributed by atoms with E-state index in [9.17, 15) is 22.4 Å². The van der Waals surface area contributed by atoms with Crippen molar-refractivity contribution in [2.75, 3.05) is 11.6 Å². The summed E-state index contributed by atoms with van der Waals surface area (Å²) in [6.45, 7) is 1.47. The highest BCUT2D eigenvalue weighted by Crippen LogP contribution is 2.28. The normalized spacial score (nSPS) is 11.4. The molecular formula is C17H13ClFN3O4S2. The summed E-state index contributed by atoms with van der Waals surface area (Å²) < 4.78 is 37.9. The average molecular weight is 442 g/mol. The minimum Gasteiger partial charge on any atom is -0.283 e. The number of aryl methyl sites for hydroxylation is 1. The third-order valence-electron chi connectivity index (χ3n) is 3.75. The quantitative estimate of drug-likeness (QED) is 0.643. The van der Waals surface area contributed by atoms with E-state index in [1.165, 1.54) is 37.3 Å². The standard InChI is InChI=1S/C17H13ClFN3O4S2/c1-8-3-5-10(18)13(14(8)19)15(23)21-16(24)22-17-20-11-6-4-9(28(2,25)26)7-12(11)27-17/h3-7H,1-2H3,(H2,20,21,22,23,24). The van der Waals surface area contributed by atoms with Gasteiger partial charge in [0.15, 0.2) is 15.0 Å². The Balaban J connectivity index is 1.78. The summed E-state index contributed by atoms with van der Waals surface area (Å²) in [6.07, 6.45) is 1.09. The van der Waals surface area contributed by atoms with Gasteiger partial charge in [0.05, 0.1) is 25.7 Å². The number of carbonyl (C=O) groups is 2. The second kappa shape index (κ2) is 7.46. The lowest BCUT2D eigenvalue weighted by molar-refractivity contribution is 0.0963. The molecule has 0 bridgehead atoms. The first-order valence-electron chi connectivity index (χ1n) is 7.74. The van der Waals surface area contributed by atoms with E-state index in [1.807, 2.05) is 5.32 Å². The molecule has 0 spiro atoms. The lowest BCUT2D eigenvalue weighted by atomic mass is 10.1. The van der Waals surface area contributed by atoms with Crippen LogP contribution in [-0.2, 0) is 9.84 Å². The van der Waals surface area contributed by atoms with Crippen LogP contribution in [0.1, 0.15) is 15.9 Å². The summed E-state index contributed by atoms with van der Waals surface area (Å²) in [7, 11) is -3.38. The molecule has 0 radical (unpaired) electrons. The number of anilines is 1. The number of sulfone groups is 1. The molecule has 3 aromatic rings. The first-order valence-corrected chi connectivity index (χ1v) is 10.8. The zero-order valence-corrected chi connectivity index (χ0v) is 16.9. The number of amides is 3. The first-order chi connectivity index (χ1) is 13.1. The highest BCUT2D eigenvalue weighted by molar-refractivity contribution is 7.90. The van der Waals surface area contributed by atoms with Crippen molar-refractivity contribution in [3.8, 4) is 0 Å². The van der Waals surface area contributed by atoms with Crippen LogP contribution in [0, 0.1) is 12.7 Å². The number of imide groups is 1. The molecule has 0 atom stereocenters. The first kappa shape index (κ1) is 20.2. The molecule has 1 heterocycles. The maximum atomic E-state index is 14.1. The topological polar surface area (TPSA) is 105 Å². The molecule has 0 aliphatic carbocycles. The molecule has 28 heavy (non-hydrogen) atoms. The number of carbonyl (C=O) groups excluding carboxylic acids is 2. The van der Waals surface area contributed by atoms with Crippen LogP contribution in [0.4, 0.5) is 14.3 Å². The lowest BCUT2D eigenvalue weighted by Crippen LogP contribution is -2.35. The number of hydrogen-bond donors (Lipinski definition) is 2. The van der Waals surface area contributed by atoms with E-state index in [1.54, 1.807) is 0 Å². The van der Waals surface area contributed by atoms with Crippen LogP contribution in [0.2, 0.25) is 5.02 Å². The van der Waals surface area contributed by atoms with Crippen molar-refractivity contribution in [2.45, 2.75) is 11.8 Å². The number of nitrogens with zero attached hydrogens (tertiary/aromatic N) is 1. The van der Waals surface area contributed by atoms with Crippen molar-refractivity contribution >= 4 is 60.1 Å². The Morgan fingerprint density at radius 2 is 1.93 bits per heavy atom. The summed E-state index contributed by atoms with van der Waals surface area (Å²) in [5, 5.41) is 4.37. The second-order valence-corrected chi connectivity index (χ2v) is 9.34. The number of benzene rings is 2. The maximum Gasteiger partial charge on any atom is 0.327 e. The number of hydrogen-bond acceptors (Lipinski definition) is 6. The zero-order chi connectivity index (χ0) is 20.6. The van der Waals surface area contributed by atoms with E-state index in [4.69, 9.17) is 11.6 Å². The minimum atomic E-state index is -3.38. The van der Waals surface area contributed by atoms with Crippen LogP contribution in [0.15, 0.2) is 35.2 Å². The Hall–Kier alpha value is -2.56. The Morgan fingerprint density at radius 3 is 2.61 bits per heavy atom. The van der Waals surface area contributed by atoms with Crippen molar-refractivity contribution in [2.24, 2.45) is 0 Å². The third kappa shape index (κ3) is 4.13. The fraction of sp³-hybridized carbons (Fsp3) is 0.118. The number of aromatic nitrogens is 1. The predicted octanol–water partition coefficient (Wildman–Crippen LogP) is 3.76. The van der Waals surface area contributed by atoms with Crippen molar-refractivity contribution in [1.82, 2.24) is 10.3 Å². The van der Waals surface area contributed by atoms with Gasteiger partial charge in [0, 0.05) is 6.26 Å². The van der Waals surface area contributed by atoms with Gasteiger partial charge >= 0.3 is 6.03 Å². The Kier molecular flexibility index (Phi) is 5.37. The molecule has 0 saturated carbocycles. The molecule has 3 amide bonds. The molecule has 1 aromatic heterocycles. The number of urea groups is 1. The molecule has 2 aromatic carbocycles. The van der Waals surface area contributed by atoms with Gasteiger partial charge in [-0.25, -0.2) is 22.6 Å². The maximum absolute atomic E-state index is 14.1. The van der Waals surface area contributed by atoms with Gasteiger partial charge in [-0.2, -0.15) is 0 Å². The molecule has 11 heteroatoms. The van der Waals surface area contributed by atoms with E-state index >= 15 is 0 Å². The van der Waals surface area contributed by atoms with Crippen LogP contribution >= 0.6 is 22.9 Å². The lowest BCUT2D eigenvalue weighted by Gasteiger charge is -2.08. The molecule has 0 fully saturated rings. The van der Waals surface area contributed by atoms with Gasteiger partial charge in [0.1, 0.15) is 5.82 Å². The van der Waals surface area contributed by atoms with Gasteiger partial charge in [0.2, 0.25) is 0 Å². The molecule has 146 valence electrons. The average Bonchev–Trinajstić information content (AvgIpc) is 2.98. The fourth-order valence-corrected chi connectivity index (χ4v) is 4.20. The number of halogens is 2. The molecule has 7 nitrogen and oxygen atoms in total. The van der Waals surface area contributed by atoms with Gasteiger partial charge < -0.3 is 0 Å². The number of nitrogens with one attached hydrogen (secondary N) is 2. The van der Waals surface area contributed by atoms with Crippen molar-refractivity contribution in [3.63, 3.8) is 0 Å². The van der Waals surface area contributed by atoms with Crippen LogP contribution < -0.4 is 10.6 Å². The zero-order valence-electron chi connectivity index (χ0n) is 14.5. The smallest absolute Gasteiger partial charge is 0.283 e. The number of rotatable bonds is 3. The Labute approximate surface area is 168 Å². The second-order valence-electron chi connectivity index (χ2n) is 5.88. The molecular weight excluding hydrogens is 429 g/mol. The van der Waals surface area contributed by atoms with E-state index in [-0.39, 0.29) is 20.6 Å². The van der Waals surface area contributed by atoms with Crippen molar-refractivity contribution in [1.29, 1.82) is 0 Å². The molecule has 2 N–H and O–H groups in total. The number of fused-ring (bicyclic) bond motifs is 1. The summed E-state index contributed by atoms with van der Waals surface area (Å²) in [6, 6.07) is 6.22. The van der Waals surface area contributed by atoms with E-state index in [0.717, 1.165) is 17.6 Å². The van der Waals surface area contributed by atoms with Crippen LogP contribution in [-0.4, -0.2) is 31.6 Å². The summed E-state index contributed by atoms with van der Waals surface area (Å²) in [5.41, 5.74) is 0.258. The highest BCUT2D eigenvalue weighted by atomic mass is 35.5. The highest BCUT2D eigenvalue weighted by Gasteiger charge is 2.20. The summed E-state index contributed by atoms with van der Waals surface area (Å²) >= 11 is 6.88. The van der Waals surface area contributed by atoms with Gasteiger partial charge in [-0.1, -0.05) is 29.0 Å². The molecule has 0 aliphatic rings. The van der Waals surface area contributed by atoms with Gasteiger partial charge in [-0.05, 0) is 36.8 Å². The molecule has 0 saturated heterocycles. The van der Waals surface area contributed by atoms with Gasteiger partial charge in [-0.15, -0.1) is 0 Å². The fourth-order valence-electron chi connectivity index (χ4n) is 2.35. The Morgan fingerprint density at radius 1 is 1.21 bits per heavy atom. The summed E-state index contributed by atoms with van der Waals surface area (Å²) in [5.74, 6) is -1.81. The van der Waals surface area contributed by atoms with Crippen molar-refractivity contribution in [3.05, 3.63) is 52.3 Å². The van der Waals surface area contributed by atoms with Gasteiger partial charge in [-0.3, -0.25) is 15.4 Å². The largest absolute Gasteiger partial charge is 0.327 e. The molecule has 0 unspecified atom stereocenters. The van der Waals surface area contributed by atoms with Crippen LogP contribution in [0.3, 0.4) is 0 Å².